The first-order chi connectivity index (χ1) is 9.20. The van der Waals surface area contributed by atoms with Gasteiger partial charge in [0.1, 0.15) is 6.61 Å². The van der Waals surface area contributed by atoms with E-state index in [-0.39, 0.29) is 18.5 Å². The summed E-state index contributed by atoms with van der Waals surface area (Å²) < 4.78 is 5.64. The molecule has 0 bridgehead atoms. The second kappa shape index (κ2) is 6.64. The van der Waals surface area contributed by atoms with Crippen molar-refractivity contribution in [1.82, 2.24) is 0 Å². The molecule has 3 heteroatoms. The van der Waals surface area contributed by atoms with E-state index in [1.54, 1.807) is 11.3 Å². The molecule has 0 radical (unpaired) electrons. The van der Waals surface area contributed by atoms with Gasteiger partial charge in [0.2, 0.25) is 0 Å². The van der Waals surface area contributed by atoms with Crippen LogP contribution >= 0.6 is 11.3 Å². The molecule has 0 aliphatic rings. The minimum absolute atomic E-state index is 0.0595. The molecule has 1 heterocycles. The molecule has 2 aromatic rings. The van der Waals surface area contributed by atoms with Gasteiger partial charge in [-0.15, -0.1) is 11.3 Å². The van der Waals surface area contributed by atoms with Crippen molar-refractivity contribution in [2.24, 2.45) is 0 Å². The lowest BCUT2D eigenvalue weighted by molar-refractivity contribution is 0.0524. The Hall–Kier alpha value is -1.45. The first kappa shape index (κ1) is 14.0. The SMILES string of the molecule is CCc1ccc(C(=O)COC(C)c2ccccc2)s1. The van der Waals surface area contributed by atoms with E-state index >= 15 is 0 Å². The number of Topliss-reactive ketones (excluding diaryl/α,β-unsaturated/α-hetero) is 1. The Balaban J connectivity index is 1.90. The molecular formula is C16H18O2S. The van der Waals surface area contributed by atoms with Gasteiger partial charge in [-0.05, 0) is 31.0 Å². The van der Waals surface area contributed by atoms with E-state index in [9.17, 15) is 4.79 Å². The number of carbonyl (C=O) groups is 1. The predicted molar refractivity (Wildman–Crippen MR) is 78.8 cm³/mol. The number of aryl methyl sites for hydroxylation is 1. The first-order valence-electron chi connectivity index (χ1n) is 6.49. The van der Waals surface area contributed by atoms with Crippen LogP contribution < -0.4 is 0 Å². The lowest BCUT2D eigenvalue weighted by Crippen LogP contribution is -2.10. The molecule has 0 saturated heterocycles. The second-order valence-corrected chi connectivity index (χ2v) is 5.57. The van der Waals surface area contributed by atoms with Crippen molar-refractivity contribution >= 4 is 17.1 Å². The number of rotatable bonds is 6. The van der Waals surface area contributed by atoms with Gasteiger partial charge in [-0.2, -0.15) is 0 Å². The van der Waals surface area contributed by atoms with Crippen LogP contribution in [0.2, 0.25) is 0 Å². The molecule has 100 valence electrons. The molecule has 0 N–H and O–H groups in total. The fourth-order valence-corrected chi connectivity index (χ4v) is 2.68. The van der Waals surface area contributed by atoms with Crippen molar-refractivity contribution in [3.05, 3.63) is 57.8 Å². The van der Waals surface area contributed by atoms with Crippen LogP contribution in [0, 0.1) is 0 Å². The molecule has 0 fully saturated rings. The van der Waals surface area contributed by atoms with Crippen LogP contribution in [0.25, 0.3) is 0 Å². The van der Waals surface area contributed by atoms with Crippen LogP contribution in [0.5, 0.6) is 0 Å². The molecular weight excluding hydrogens is 256 g/mol. The van der Waals surface area contributed by atoms with Gasteiger partial charge in [0, 0.05) is 4.88 Å². The normalized spacial score (nSPS) is 12.3. The highest BCUT2D eigenvalue weighted by Gasteiger charge is 2.12. The highest BCUT2D eigenvalue weighted by Crippen LogP contribution is 2.20. The molecule has 0 amide bonds. The number of hydrogen-bond acceptors (Lipinski definition) is 3. The number of hydrogen-bond donors (Lipinski definition) is 0. The summed E-state index contributed by atoms with van der Waals surface area (Å²) in [4.78, 5) is 14.0. The third kappa shape index (κ3) is 3.75. The third-order valence-corrected chi connectivity index (χ3v) is 4.29. The molecule has 2 nitrogen and oxygen atoms in total. The number of thiophene rings is 1. The van der Waals surface area contributed by atoms with Crippen molar-refractivity contribution in [2.45, 2.75) is 26.4 Å². The quantitative estimate of drug-likeness (QED) is 0.735. The zero-order chi connectivity index (χ0) is 13.7. The van der Waals surface area contributed by atoms with Gasteiger partial charge in [-0.3, -0.25) is 4.79 Å². The van der Waals surface area contributed by atoms with Gasteiger partial charge in [0.25, 0.3) is 0 Å². The maximum absolute atomic E-state index is 12.0. The van der Waals surface area contributed by atoms with Crippen molar-refractivity contribution < 1.29 is 9.53 Å². The van der Waals surface area contributed by atoms with E-state index in [1.807, 2.05) is 49.4 Å². The zero-order valence-electron chi connectivity index (χ0n) is 11.3. The Labute approximate surface area is 118 Å². The first-order valence-corrected chi connectivity index (χ1v) is 7.30. The van der Waals surface area contributed by atoms with Crippen LogP contribution in [-0.2, 0) is 11.2 Å². The summed E-state index contributed by atoms with van der Waals surface area (Å²) in [5.41, 5.74) is 1.09. The largest absolute Gasteiger partial charge is 0.366 e. The summed E-state index contributed by atoms with van der Waals surface area (Å²) in [6, 6.07) is 13.8. The molecule has 0 spiro atoms. The Morgan fingerprint density at radius 3 is 2.58 bits per heavy atom. The second-order valence-electron chi connectivity index (χ2n) is 4.41. The fourth-order valence-electron chi connectivity index (χ4n) is 1.81. The number of carbonyl (C=O) groups excluding carboxylic acids is 1. The number of benzene rings is 1. The lowest BCUT2D eigenvalue weighted by atomic mass is 10.1. The summed E-state index contributed by atoms with van der Waals surface area (Å²) in [7, 11) is 0. The molecule has 0 saturated carbocycles. The number of ketones is 1. The third-order valence-electron chi connectivity index (χ3n) is 3.02. The summed E-state index contributed by atoms with van der Waals surface area (Å²) in [6.45, 7) is 4.20. The van der Waals surface area contributed by atoms with Gasteiger partial charge >= 0.3 is 0 Å². The average Bonchev–Trinajstić information content (AvgIpc) is 2.94. The minimum atomic E-state index is -0.0595. The van der Waals surface area contributed by atoms with Gasteiger partial charge in [-0.1, -0.05) is 37.3 Å². The number of ether oxygens (including phenoxy) is 1. The van der Waals surface area contributed by atoms with Crippen LogP contribution in [-0.4, -0.2) is 12.4 Å². The maximum Gasteiger partial charge on any atom is 0.198 e. The fraction of sp³-hybridized carbons (Fsp3) is 0.312. The van der Waals surface area contributed by atoms with Crippen molar-refractivity contribution in [3.63, 3.8) is 0 Å². The average molecular weight is 274 g/mol. The van der Waals surface area contributed by atoms with Gasteiger partial charge < -0.3 is 4.74 Å². The van der Waals surface area contributed by atoms with E-state index in [4.69, 9.17) is 4.74 Å². The topological polar surface area (TPSA) is 26.3 Å². The molecule has 0 aliphatic heterocycles. The van der Waals surface area contributed by atoms with Crippen LogP contribution in [0.3, 0.4) is 0 Å². The summed E-state index contributed by atoms with van der Waals surface area (Å²) in [5.74, 6) is 0.0625. The van der Waals surface area contributed by atoms with Crippen LogP contribution in [0.15, 0.2) is 42.5 Å². The highest BCUT2D eigenvalue weighted by molar-refractivity contribution is 7.14. The minimum Gasteiger partial charge on any atom is -0.366 e. The predicted octanol–water partition coefficient (Wildman–Crippen LogP) is 4.27. The van der Waals surface area contributed by atoms with Gasteiger partial charge in [0.15, 0.2) is 5.78 Å². The smallest absolute Gasteiger partial charge is 0.198 e. The molecule has 1 aromatic heterocycles. The molecule has 2 rings (SSSR count). The Bertz CT molecular complexity index is 531. The monoisotopic (exact) mass is 274 g/mol. The summed E-state index contributed by atoms with van der Waals surface area (Å²) in [5, 5.41) is 0. The zero-order valence-corrected chi connectivity index (χ0v) is 12.1. The molecule has 1 atom stereocenters. The van der Waals surface area contributed by atoms with Crippen LogP contribution in [0.4, 0.5) is 0 Å². The van der Waals surface area contributed by atoms with Crippen molar-refractivity contribution in [2.75, 3.05) is 6.61 Å². The van der Waals surface area contributed by atoms with Crippen LogP contribution in [0.1, 0.15) is 40.1 Å². The summed E-state index contributed by atoms with van der Waals surface area (Å²) in [6.07, 6.45) is 0.912. The van der Waals surface area contributed by atoms with E-state index in [0.717, 1.165) is 16.9 Å². The Morgan fingerprint density at radius 1 is 1.21 bits per heavy atom. The molecule has 0 aliphatic carbocycles. The van der Waals surface area contributed by atoms with E-state index < -0.39 is 0 Å². The van der Waals surface area contributed by atoms with Gasteiger partial charge in [0.05, 0.1) is 11.0 Å². The van der Waals surface area contributed by atoms with E-state index in [2.05, 4.69) is 6.92 Å². The van der Waals surface area contributed by atoms with E-state index in [0.29, 0.717) is 0 Å². The Morgan fingerprint density at radius 2 is 1.95 bits per heavy atom. The van der Waals surface area contributed by atoms with E-state index in [1.165, 1.54) is 4.88 Å². The van der Waals surface area contributed by atoms with Crippen molar-refractivity contribution in [1.29, 1.82) is 0 Å². The van der Waals surface area contributed by atoms with Crippen molar-refractivity contribution in [3.8, 4) is 0 Å². The molecule has 1 unspecified atom stereocenters. The summed E-state index contributed by atoms with van der Waals surface area (Å²) >= 11 is 1.56. The highest BCUT2D eigenvalue weighted by atomic mass is 32.1. The van der Waals surface area contributed by atoms with Gasteiger partial charge in [-0.25, -0.2) is 0 Å². The molecule has 1 aromatic carbocycles. The standard InChI is InChI=1S/C16H18O2S/c1-3-14-9-10-16(19-14)15(17)11-18-12(2)13-7-5-4-6-8-13/h4-10,12H,3,11H2,1-2H3. The lowest BCUT2D eigenvalue weighted by Gasteiger charge is -2.12. The Kier molecular flexibility index (Phi) is 4.88. The maximum atomic E-state index is 12.0. The molecule has 19 heavy (non-hydrogen) atoms.